The van der Waals surface area contributed by atoms with Gasteiger partial charge < -0.3 is 10.3 Å². The molecular weight excluding hydrogens is 330 g/mol. The van der Waals surface area contributed by atoms with Gasteiger partial charge in [-0.1, -0.05) is 44.2 Å². The number of Topliss-reactive ketones (excluding diaryl/α,β-unsaturated/α-hetero) is 1. The molecule has 0 aliphatic carbocycles. The van der Waals surface area contributed by atoms with E-state index >= 15 is 0 Å². The molecule has 0 saturated heterocycles. The highest BCUT2D eigenvalue weighted by Crippen LogP contribution is 2.22. The molecule has 2 aromatic heterocycles. The Morgan fingerprint density at radius 1 is 1.15 bits per heavy atom. The molecule has 3 aromatic rings. The Morgan fingerprint density at radius 2 is 1.92 bits per heavy atom. The minimum Gasteiger partial charge on any atom is -0.357 e. The number of benzene rings is 1. The summed E-state index contributed by atoms with van der Waals surface area (Å²) in [6.45, 7) is 4.65. The predicted octanol–water partition coefficient (Wildman–Crippen LogP) is 2.61. The van der Waals surface area contributed by atoms with Gasteiger partial charge in [0.1, 0.15) is 11.4 Å². The Hall–Kier alpha value is -3.22. The van der Waals surface area contributed by atoms with E-state index in [1.165, 1.54) is 0 Å². The number of hydrogen-bond donors (Lipinski definition) is 3. The molecule has 0 radical (unpaired) electrons. The Labute approximate surface area is 151 Å². The molecule has 0 saturated carbocycles. The van der Waals surface area contributed by atoms with E-state index in [0.717, 1.165) is 5.56 Å². The van der Waals surface area contributed by atoms with Gasteiger partial charge in [0.05, 0.1) is 0 Å². The number of amides is 1. The summed E-state index contributed by atoms with van der Waals surface area (Å²) in [5.41, 5.74) is 2.68. The third kappa shape index (κ3) is 4.05. The number of aromatic nitrogens is 4. The lowest BCUT2D eigenvalue weighted by atomic mass is 10.0. The highest BCUT2D eigenvalue weighted by molar-refractivity contribution is 6.01. The summed E-state index contributed by atoms with van der Waals surface area (Å²) in [4.78, 5) is 27.6. The van der Waals surface area contributed by atoms with Crippen molar-refractivity contribution < 1.29 is 9.59 Å². The summed E-state index contributed by atoms with van der Waals surface area (Å²) in [6, 6.07) is 11.1. The summed E-state index contributed by atoms with van der Waals surface area (Å²) in [5, 5.41) is 13.4. The standard InChI is InChI=1S/C19H21N5O2/c1-12(2)10-21-19(26)15-9-14(11-20-15)17-18(23-24-22-17)16(25)8-13-6-4-3-5-7-13/h3-7,9,11-12,20H,8,10H2,1-2H3,(H,21,26)(H,22,23,24). The highest BCUT2D eigenvalue weighted by Gasteiger charge is 2.20. The summed E-state index contributed by atoms with van der Waals surface area (Å²) in [6.07, 6.45) is 1.90. The number of hydrogen-bond acceptors (Lipinski definition) is 4. The lowest BCUT2D eigenvalue weighted by Crippen LogP contribution is -2.27. The second-order valence-corrected chi connectivity index (χ2v) is 6.51. The molecule has 26 heavy (non-hydrogen) atoms. The predicted molar refractivity (Wildman–Crippen MR) is 97.8 cm³/mol. The fourth-order valence-corrected chi connectivity index (χ4v) is 2.55. The number of nitrogens with zero attached hydrogens (tertiary/aromatic N) is 2. The number of ketones is 1. The second-order valence-electron chi connectivity index (χ2n) is 6.51. The molecule has 1 aromatic carbocycles. The first-order valence-corrected chi connectivity index (χ1v) is 8.49. The van der Waals surface area contributed by atoms with Crippen LogP contribution >= 0.6 is 0 Å². The van der Waals surface area contributed by atoms with Crippen LogP contribution < -0.4 is 5.32 Å². The molecule has 7 heteroatoms. The van der Waals surface area contributed by atoms with E-state index in [2.05, 4.69) is 25.7 Å². The smallest absolute Gasteiger partial charge is 0.267 e. The maximum atomic E-state index is 12.6. The van der Waals surface area contributed by atoms with E-state index < -0.39 is 0 Å². The molecule has 134 valence electrons. The van der Waals surface area contributed by atoms with Crippen LogP contribution in [0.3, 0.4) is 0 Å². The summed E-state index contributed by atoms with van der Waals surface area (Å²) >= 11 is 0. The van der Waals surface area contributed by atoms with E-state index in [-0.39, 0.29) is 23.8 Å². The maximum Gasteiger partial charge on any atom is 0.267 e. The van der Waals surface area contributed by atoms with Crippen molar-refractivity contribution in [3.8, 4) is 11.3 Å². The van der Waals surface area contributed by atoms with Crippen molar-refractivity contribution in [1.29, 1.82) is 0 Å². The van der Waals surface area contributed by atoms with Crippen LogP contribution in [0.25, 0.3) is 11.3 Å². The van der Waals surface area contributed by atoms with Gasteiger partial charge in [-0.3, -0.25) is 9.59 Å². The van der Waals surface area contributed by atoms with Gasteiger partial charge in [-0.25, -0.2) is 0 Å². The highest BCUT2D eigenvalue weighted by atomic mass is 16.2. The van der Waals surface area contributed by atoms with Crippen LogP contribution in [-0.2, 0) is 6.42 Å². The molecule has 1 amide bonds. The molecule has 0 spiro atoms. The fraction of sp³-hybridized carbons (Fsp3) is 0.263. The van der Waals surface area contributed by atoms with Crippen LogP contribution in [0.1, 0.15) is 40.4 Å². The van der Waals surface area contributed by atoms with Crippen molar-refractivity contribution >= 4 is 11.7 Å². The van der Waals surface area contributed by atoms with Gasteiger partial charge in [-0.05, 0) is 17.5 Å². The maximum absolute atomic E-state index is 12.6. The largest absolute Gasteiger partial charge is 0.357 e. The van der Waals surface area contributed by atoms with Gasteiger partial charge >= 0.3 is 0 Å². The van der Waals surface area contributed by atoms with Crippen molar-refractivity contribution in [2.45, 2.75) is 20.3 Å². The Balaban J connectivity index is 1.76. The van der Waals surface area contributed by atoms with E-state index in [1.807, 2.05) is 44.2 Å². The minimum absolute atomic E-state index is 0.132. The molecular formula is C19H21N5O2. The second kappa shape index (κ2) is 7.77. The van der Waals surface area contributed by atoms with Gasteiger partial charge in [-0.2, -0.15) is 15.4 Å². The number of nitrogens with one attached hydrogen (secondary N) is 3. The summed E-state index contributed by atoms with van der Waals surface area (Å²) in [5.74, 6) is 0.0451. The number of carbonyl (C=O) groups is 2. The minimum atomic E-state index is -0.189. The topological polar surface area (TPSA) is 104 Å². The average molecular weight is 351 g/mol. The lowest BCUT2D eigenvalue weighted by molar-refractivity contribution is 0.0943. The van der Waals surface area contributed by atoms with Crippen LogP contribution in [0, 0.1) is 5.92 Å². The number of aromatic amines is 2. The molecule has 0 aliphatic rings. The van der Waals surface area contributed by atoms with Crippen molar-refractivity contribution in [1.82, 2.24) is 25.7 Å². The van der Waals surface area contributed by atoms with Gasteiger partial charge in [0.2, 0.25) is 0 Å². The van der Waals surface area contributed by atoms with Gasteiger partial charge in [0.15, 0.2) is 11.5 Å². The van der Waals surface area contributed by atoms with Crippen LogP contribution in [0.2, 0.25) is 0 Å². The third-order valence-electron chi connectivity index (χ3n) is 3.89. The first-order valence-electron chi connectivity index (χ1n) is 8.49. The molecule has 3 rings (SSSR count). The SMILES string of the molecule is CC(C)CNC(=O)c1cc(-c2n[nH]nc2C(=O)Cc2ccccc2)c[nH]1. The third-order valence-corrected chi connectivity index (χ3v) is 3.89. The quantitative estimate of drug-likeness (QED) is 0.569. The summed E-state index contributed by atoms with van der Waals surface area (Å²) in [7, 11) is 0. The normalized spacial score (nSPS) is 10.9. The molecule has 0 bridgehead atoms. The zero-order valence-electron chi connectivity index (χ0n) is 14.7. The van der Waals surface area contributed by atoms with E-state index in [1.54, 1.807) is 12.3 Å². The Bertz CT molecular complexity index is 896. The van der Waals surface area contributed by atoms with E-state index in [0.29, 0.717) is 29.4 Å². The molecule has 0 fully saturated rings. The van der Waals surface area contributed by atoms with Gasteiger partial charge in [-0.15, -0.1) is 0 Å². The zero-order chi connectivity index (χ0) is 18.5. The van der Waals surface area contributed by atoms with Gasteiger partial charge in [0, 0.05) is 24.7 Å². The average Bonchev–Trinajstić information content (AvgIpc) is 3.29. The lowest BCUT2D eigenvalue weighted by Gasteiger charge is -2.05. The molecule has 0 unspecified atom stereocenters. The van der Waals surface area contributed by atoms with E-state index in [9.17, 15) is 9.59 Å². The van der Waals surface area contributed by atoms with Crippen molar-refractivity contribution in [2.75, 3.05) is 6.54 Å². The fourth-order valence-electron chi connectivity index (χ4n) is 2.55. The summed E-state index contributed by atoms with van der Waals surface area (Å²) < 4.78 is 0. The first kappa shape index (κ1) is 17.6. The first-order chi connectivity index (χ1) is 12.5. The van der Waals surface area contributed by atoms with Crippen molar-refractivity contribution in [3.63, 3.8) is 0 Å². The van der Waals surface area contributed by atoms with Gasteiger partial charge in [0.25, 0.3) is 5.91 Å². The van der Waals surface area contributed by atoms with Crippen molar-refractivity contribution in [3.05, 3.63) is 59.5 Å². The molecule has 3 N–H and O–H groups in total. The zero-order valence-corrected chi connectivity index (χ0v) is 14.7. The van der Waals surface area contributed by atoms with Crippen LogP contribution in [0.5, 0.6) is 0 Å². The molecule has 7 nitrogen and oxygen atoms in total. The van der Waals surface area contributed by atoms with E-state index in [4.69, 9.17) is 0 Å². The van der Waals surface area contributed by atoms with Crippen LogP contribution in [-0.4, -0.2) is 38.6 Å². The molecule has 0 aliphatic heterocycles. The monoisotopic (exact) mass is 351 g/mol. The molecule has 2 heterocycles. The number of carbonyl (C=O) groups excluding carboxylic acids is 2. The number of H-pyrrole nitrogens is 2. The Morgan fingerprint density at radius 3 is 2.65 bits per heavy atom. The van der Waals surface area contributed by atoms with Crippen LogP contribution in [0.15, 0.2) is 42.6 Å². The van der Waals surface area contributed by atoms with Crippen molar-refractivity contribution in [2.24, 2.45) is 5.92 Å². The molecule has 0 atom stereocenters. The Kier molecular flexibility index (Phi) is 5.26. The van der Waals surface area contributed by atoms with Crippen LogP contribution in [0.4, 0.5) is 0 Å². The number of rotatable bonds is 7.